The third-order valence-corrected chi connectivity index (χ3v) is 3.01. The van der Waals surface area contributed by atoms with Crippen LogP contribution in [0.4, 0.5) is 0 Å². The zero-order chi connectivity index (χ0) is 12.1. The molecule has 0 amide bonds. The lowest BCUT2D eigenvalue weighted by Gasteiger charge is -2.17. The van der Waals surface area contributed by atoms with E-state index in [9.17, 15) is 0 Å². The van der Waals surface area contributed by atoms with Crippen LogP contribution in [0.25, 0.3) is 0 Å². The van der Waals surface area contributed by atoms with Crippen molar-refractivity contribution in [3.8, 4) is 5.75 Å². The van der Waals surface area contributed by atoms with Crippen LogP contribution in [-0.2, 0) is 0 Å². The minimum absolute atomic E-state index is 0.218. The molecule has 1 aromatic carbocycles. The molecular formula is C14H22O2. The second-order valence-electron chi connectivity index (χ2n) is 4.57. The van der Waals surface area contributed by atoms with Gasteiger partial charge in [-0.25, -0.2) is 0 Å². The molecule has 1 unspecified atom stereocenters. The highest BCUT2D eigenvalue weighted by atomic mass is 16.5. The molecule has 0 radical (unpaired) electrons. The lowest BCUT2D eigenvalue weighted by atomic mass is 9.92. The van der Waals surface area contributed by atoms with Gasteiger partial charge in [-0.15, -0.1) is 0 Å². The van der Waals surface area contributed by atoms with E-state index in [1.54, 1.807) is 7.11 Å². The normalized spacial score (nSPS) is 12.9. The maximum absolute atomic E-state index is 9.00. The summed E-state index contributed by atoms with van der Waals surface area (Å²) in [5.74, 6) is 1.77. The second kappa shape index (κ2) is 5.90. The van der Waals surface area contributed by atoms with E-state index < -0.39 is 0 Å². The zero-order valence-corrected chi connectivity index (χ0v) is 10.7. The Hall–Kier alpha value is -1.02. The Morgan fingerprint density at radius 2 is 1.94 bits per heavy atom. The molecule has 2 heteroatoms. The van der Waals surface area contributed by atoms with Crippen LogP contribution < -0.4 is 4.74 Å². The Balaban J connectivity index is 3.06. The van der Waals surface area contributed by atoms with Crippen LogP contribution in [0.2, 0.25) is 0 Å². The Bertz CT molecular complexity index is 332. The predicted molar refractivity (Wildman–Crippen MR) is 67.2 cm³/mol. The van der Waals surface area contributed by atoms with E-state index in [2.05, 4.69) is 32.9 Å². The van der Waals surface area contributed by atoms with Crippen LogP contribution in [0.1, 0.15) is 50.2 Å². The van der Waals surface area contributed by atoms with E-state index in [1.807, 2.05) is 6.07 Å². The lowest BCUT2D eigenvalue weighted by molar-refractivity contribution is 0.277. The molecule has 1 atom stereocenters. The van der Waals surface area contributed by atoms with Crippen molar-refractivity contribution in [2.75, 3.05) is 13.7 Å². The number of rotatable bonds is 5. The molecule has 0 heterocycles. The van der Waals surface area contributed by atoms with Gasteiger partial charge in [0.15, 0.2) is 0 Å². The maximum Gasteiger partial charge on any atom is 0.122 e. The van der Waals surface area contributed by atoms with Crippen molar-refractivity contribution in [2.45, 2.75) is 39.0 Å². The van der Waals surface area contributed by atoms with Crippen LogP contribution in [0, 0.1) is 0 Å². The van der Waals surface area contributed by atoms with Crippen molar-refractivity contribution in [2.24, 2.45) is 0 Å². The molecule has 90 valence electrons. The average molecular weight is 222 g/mol. The van der Waals surface area contributed by atoms with Gasteiger partial charge >= 0.3 is 0 Å². The molecule has 2 nitrogen and oxygen atoms in total. The van der Waals surface area contributed by atoms with Gasteiger partial charge in [0.05, 0.1) is 7.11 Å². The summed E-state index contributed by atoms with van der Waals surface area (Å²) in [7, 11) is 1.69. The van der Waals surface area contributed by atoms with Gasteiger partial charge in [-0.2, -0.15) is 0 Å². The van der Waals surface area contributed by atoms with E-state index in [0.29, 0.717) is 11.8 Å². The Morgan fingerprint density at radius 1 is 1.25 bits per heavy atom. The van der Waals surface area contributed by atoms with Gasteiger partial charge in [-0.3, -0.25) is 0 Å². The fourth-order valence-electron chi connectivity index (χ4n) is 1.85. The van der Waals surface area contributed by atoms with Crippen LogP contribution >= 0.6 is 0 Å². The quantitative estimate of drug-likeness (QED) is 0.828. The van der Waals surface area contributed by atoms with Gasteiger partial charge in [-0.1, -0.05) is 32.9 Å². The first-order chi connectivity index (χ1) is 7.60. The first kappa shape index (κ1) is 13.0. The highest BCUT2D eigenvalue weighted by Crippen LogP contribution is 2.31. The number of aliphatic hydroxyl groups excluding tert-OH is 1. The van der Waals surface area contributed by atoms with Crippen LogP contribution in [0.15, 0.2) is 18.2 Å². The monoisotopic (exact) mass is 222 g/mol. The minimum Gasteiger partial charge on any atom is -0.496 e. The van der Waals surface area contributed by atoms with E-state index in [-0.39, 0.29) is 6.61 Å². The molecule has 0 saturated heterocycles. The third-order valence-electron chi connectivity index (χ3n) is 3.01. The van der Waals surface area contributed by atoms with Gasteiger partial charge < -0.3 is 9.84 Å². The summed E-state index contributed by atoms with van der Waals surface area (Å²) in [6.07, 6.45) is 0.776. The molecule has 0 aromatic heterocycles. The summed E-state index contributed by atoms with van der Waals surface area (Å²) in [6.45, 7) is 6.71. The summed E-state index contributed by atoms with van der Waals surface area (Å²) in [4.78, 5) is 0. The molecule has 0 saturated carbocycles. The van der Waals surface area contributed by atoms with Crippen molar-refractivity contribution in [1.82, 2.24) is 0 Å². The highest BCUT2D eigenvalue weighted by molar-refractivity contribution is 5.40. The predicted octanol–water partition coefficient (Wildman–Crippen LogP) is 3.30. The molecule has 16 heavy (non-hydrogen) atoms. The van der Waals surface area contributed by atoms with E-state index in [1.165, 1.54) is 11.1 Å². The van der Waals surface area contributed by atoms with Gasteiger partial charge in [0.2, 0.25) is 0 Å². The number of benzene rings is 1. The molecule has 1 aromatic rings. The molecular weight excluding hydrogens is 200 g/mol. The summed E-state index contributed by atoms with van der Waals surface area (Å²) in [6, 6.07) is 6.33. The standard InChI is InChI=1S/C14H22O2/c1-10(2)12-5-6-14(16-4)13(9-12)11(3)7-8-15/h5-6,9-11,15H,7-8H2,1-4H3. The average Bonchev–Trinajstić information content (AvgIpc) is 2.28. The molecule has 0 bridgehead atoms. The van der Waals surface area contributed by atoms with Gasteiger partial charge in [0.1, 0.15) is 5.75 Å². The van der Waals surface area contributed by atoms with Crippen molar-refractivity contribution < 1.29 is 9.84 Å². The summed E-state index contributed by atoms with van der Waals surface area (Å²) in [5.41, 5.74) is 2.52. The number of aliphatic hydroxyl groups is 1. The molecule has 0 fully saturated rings. The number of hydrogen-bond donors (Lipinski definition) is 1. The smallest absolute Gasteiger partial charge is 0.122 e. The highest BCUT2D eigenvalue weighted by Gasteiger charge is 2.12. The summed E-state index contributed by atoms with van der Waals surface area (Å²) >= 11 is 0. The Morgan fingerprint density at radius 3 is 2.44 bits per heavy atom. The summed E-state index contributed by atoms with van der Waals surface area (Å²) in [5, 5.41) is 9.00. The fourth-order valence-corrected chi connectivity index (χ4v) is 1.85. The lowest BCUT2D eigenvalue weighted by Crippen LogP contribution is -2.02. The van der Waals surface area contributed by atoms with Crippen molar-refractivity contribution >= 4 is 0 Å². The zero-order valence-electron chi connectivity index (χ0n) is 10.7. The molecule has 0 aliphatic rings. The minimum atomic E-state index is 0.218. The maximum atomic E-state index is 9.00. The first-order valence-electron chi connectivity index (χ1n) is 5.88. The van der Waals surface area contributed by atoms with Crippen molar-refractivity contribution in [1.29, 1.82) is 0 Å². The van der Waals surface area contributed by atoms with E-state index >= 15 is 0 Å². The van der Waals surface area contributed by atoms with Crippen LogP contribution in [0.5, 0.6) is 5.75 Å². The third kappa shape index (κ3) is 2.99. The number of hydrogen-bond acceptors (Lipinski definition) is 2. The SMILES string of the molecule is COc1ccc(C(C)C)cc1C(C)CCO. The van der Waals surface area contributed by atoms with Gasteiger partial charge in [-0.05, 0) is 35.4 Å². The van der Waals surface area contributed by atoms with Crippen LogP contribution in [-0.4, -0.2) is 18.8 Å². The van der Waals surface area contributed by atoms with Gasteiger partial charge in [0, 0.05) is 6.61 Å². The fraction of sp³-hybridized carbons (Fsp3) is 0.571. The Labute approximate surface area is 98.3 Å². The topological polar surface area (TPSA) is 29.5 Å². The molecule has 1 N–H and O–H groups in total. The van der Waals surface area contributed by atoms with E-state index in [0.717, 1.165) is 12.2 Å². The summed E-state index contributed by atoms with van der Waals surface area (Å²) < 4.78 is 5.37. The van der Waals surface area contributed by atoms with Crippen molar-refractivity contribution in [3.05, 3.63) is 29.3 Å². The molecule has 0 aliphatic heterocycles. The molecule has 0 aliphatic carbocycles. The van der Waals surface area contributed by atoms with Gasteiger partial charge in [0.25, 0.3) is 0 Å². The number of ether oxygens (including phenoxy) is 1. The van der Waals surface area contributed by atoms with Crippen LogP contribution in [0.3, 0.4) is 0 Å². The number of methoxy groups -OCH3 is 1. The molecule has 0 spiro atoms. The van der Waals surface area contributed by atoms with E-state index in [4.69, 9.17) is 9.84 Å². The largest absolute Gasteiger partial charge is 0.496 e. The molecule has 1 rings (SSSR count). The second-order valence-corrected chi connectivity index (χ2v) is 4.57. The first-order valence-corrected chi connectivity index (χ1v) is 5.88. The Kier molecular flexibility index (Phi) is 4.81. The van der Waals surface area contributed by atoms with Crippen molar-refractivity contribution in [3.63, 3.8) is 0 Å².